The maximum Gasteiger partial charge on any atom is 0.316 e. The van der Waals surface area contributed by atoms with E-state index in [1.807, 2.05) is 36.4 Å². The van der Waals surface area contributed by atoms with Crippen LogP contribution < -0.4 is 14.4 Å². The van der Waals surface area contributed by atoms with Gasteiger partial charge in [0, 0.05) is 18.7 Å². The number of methoxy groups -OCH3 is 1. The van der Waals surface area contributed by atoms with Gasteiger partial charge in [-0.1, -0.05) is 32.0 Å². The Balaban J connectivity index is 1.71. The normalized spacial score (nSPS) is 17.7. The molecule has 1 amide bonds. The van der Waals surface area contributed by atoms with E-state index in [9.17, 15) is 9.59 Å². The lowest BCUT2D eigenvalue weighted by Crippen LogP contribution is -2.27. The van der Waals surface area contributed by atoms with Gasteiger partial charge in [-0.15, -0.1) is 0 Å². The van der Waals surface area contributed by atoms with Gasteiger partial charge in [-0.25, -0.2) is 0 Å². The number of ether oxygens (including phenoxy) is 2. The zero-order valence-corrected chi connectivity index (χ0v) is 16.0. The smallest absolute Gasteiger partial charge is 0.316 e. The SMILES string of the molecule is CC[C@@H](C)c1ccccc1OC(=O)[C@H]1CC(=O)N(c2ccc(OC)cc2)C1. The predicted molar refractivity (Wildman–Crippen MR) is 104 cm³/mol. The van der Waals surface area contributed by atoms with Crippen LogP contribution in [0.5, 0.6) is 11.5 Å². The number of esters is 1. The number of carbonyl (C=O) groups excluding carboxylic acids is 2. The number of hydrogen-bond acceptors (Lipinski definition) is 4. The standard InChI is InChI=1S/C22H25NO4/c1-4-15(2)19-7-5-6-8-20(19)27-22(25)16-13-21(24)23(14-16)17-9-11-18(26-3)12-10-17/h5-12,15-16H,4,13-14H2,1-3H3/t15-,16+/m1/s1. The van der Waals surface area contributed by atoms with Gasteiger partial charge in [0.05, 0.1) is 13.0 Å². The zero-order chi connectivity index (χ0) is 19.4. The lowest BCUT2D eigenvalue weighted by Gasteiger charge is -2.18. The summed E-state index contributed by atoms with van der Waals surface area (Å²) in [5.74, 6) is 0.724. The lowest BCUT2D eigenvalue weighted by molar-refractivity contribution is -0.139. The Morgan fingerprint density at radius 1 is 1.19 bits per heavy atom. The zero-order valence-electron chi connectivity index (χ0n) is 16.0. The highest BCUT2D eigenvalue weighted by molar-refractivity contribution is 5.99. The van der Waals surface area contributed by atoms with Crippen LogP contribution in [0.4, 0.5) is 5.69 Å². The summed E-state index contributed by atoms with van der Waals surface area (Å²) in [4.78, 5) is 26.7. The fourth-order valence-corrected chi connectivity index (χ4v) is 3.27. The minimum atomic E-state index is -0.468. The third-order valence-electron chi connectivity index (χ3n) is 5.12. The van der Waals surface area contributed by atoms with E-state index in [1.165, 1.54) is 0 Å². The van der Waals surface area contributed by atoms with Crippen molar-refractivity contribution in [3.8, 4) is 11.5 Å². The maximum atomic E-state index is 12.7. The second-order valence-corrected chi connectivity index (χ2v) is 6.87. The number of anilines is 1. The molecule has 5 heteroatoms. The van der Waals surface area contributed by atoms with Crippen molar-refractivity contribution in [2.75, 3.05) is 18.6 Å². The highest BCUT2D eigenvalue weighted by atomic mass is 16.5. The molecule has 5 nitrogen and oxygen atoms in total. The average molecular weight is 367 g/mol. The fraction of sp³-hybridized carbons (Fsp3) is 0.364. The summed E-state index contributed by atoms with van der Waals surface area (Å²) in [5.41, 5.74) is 1.78. The summed E-state index contributed by atoms with van der Waals surface area (Å²) in [6, 6.07) is 14.9. The molecular weight excluding hydrogens is 342 g/mol. The molecule has 3 rings (SSSR count). The van der Waals surface area contributed by atoms with Crippen LogP contribution in [0.25, 0.3) is 0 Å². The van der Waals surface area contributed by atoms with E-state index in [-0.39, 0.29) is 18.3 Å². The molecule has 0 N–H and O–H groups in total. The molecule has 0 spiro atoms. The van der Waals surface area contributed by atoms with E-state index in [1.54, 1.807) is 24.1 Å². The van der Waals surface area contributed by atoms with Gasteiger partial charge >= 0.3 is 5.97 Å². The first-order valence-corrected chi connectivity index (χ1v) is 9.28. The number of hydrogen-bond donors (Lipinski definition) is 0. The summed E-state index contributed by atoms with van der Waals surface area (Å²) >= 11 is 0. The highest BCUT2D eigenvalue weighted by Gasteiger charge is 2.36. The van der Waals surface area contributed by atoms with Gasteiger partial charge < -0.3 is 14.4 Å². The van der Waals surface area contributed by atoms with Crippen LogP contribution in [-0.2, 0) is 9.59 Å². The number of nitrogens with zero attached hydrogens (tertiary/aromatic N) is 1. The van der Waals surface area contributed by atoms with E-state index in [0.29, 0.717) is 18.2 Å². The minimum absolute atomic E-state index is 0.0719. The molecule has 1 fully saturated rings. The Morgan fingerprint density at radius 2 is 1.89 bits per heavy atom. The third-order valence-corrected chi connectivity index (χ3v) is 5.12. The molecule has 0 aliphatic carbocycles. The molecule has 2 aromatic carbocycles. The lowest BCUT2D eigenvalue weighted by atomic mass is 9.98. The van der Waals surface area contributed by atoms with Gasteiger partial charge in [0.15, 0.2) is 0 Å². The Bertz CT molecular complexity index is 815. The monoisotopic (exact) mass is 367 g/mol. The fourth-order valence-electron chi connectivity index (χ4n) is 3.27. The van der Waals surface area contributed by atoms with E-state index >= 15 is 0 Å². The summed E-state index contributed by atoms with van der Waals surface area (Å²) < 4.78 is 10.8. The van der Waals surface area contributed by atoms with Crippen molar-refractivity contribution in [2.24, 2.45) is 5.92 Å². The molecule has 142 valence electrons. The van der Waals surface area contributed by atoms with E-state index < -0.39 is 5.92 Å². The van der Waals surface area contributed by atoms with Crippen molar-refractivity contribution in [2.45, 2.75) is 32.6 Å². The minimum Gasteiger partial charge on any atom is -0.497 e. The summed E-state index contributed by atoms with van der Waals surface area (Å²) in [6.07, 6.45) is 1.12. The number of benzene rings is 2. The van der Waals surface area contributed by atoms with Gasteiger partial charge in [0.1, 0.15) is 11.5 Å². The first-order valence-electron chi connectivity index (χ1n) is 9.28. The van der Waals surface area contributed by atoms with Gasteiger partial charge in [-0.2, -0.15) is 0 Å². The summed E-state index contributed by atoms with van der Waals surface area (Å²) in [6.45, 7) is 4.54. The quantitative estimate of drug-likeness (QED) is 0.568. The van der Waals surface area contributed by atoms with Crippen molar-refractivity contribution in [1.29, 1.82) is 0 Å². The van der Waals surface area contributed by atoms with Crippen molar-refractivity contribution in [1.82, 2.24) is 0 Å². The first kappa shape index (κ1) is 19.0. The van der Waals surface area contributed by atoms with Crippen molar-refractivity contribution < 1.29 is 19.1 Å². The molecule has 27 heavy (non-hydrogen) atoms. The highest BCUT2D eigenvalue weighted by Crippen LogP contribution is 2.31. The molecule has 2 atom stereocenters. The molecule has 0 saturated carbocycles. The molecule has 0 radical (unpaired) electrons. The van der Waals surface area contributed by atoms with Gasteiger partial charge in [-0.05, 0) is 48.2 Å². The second-order valence-electron chi connectivity index (χ2n) is 6.87. The average Bonchev–Trinajstić information content (AvgIpc) is 3.09. The number of rotatable bonds is 6. The van der Waals surface area contributed by atoms with Crippen LogP contribution in [0.3, 0.4) is 0 Å². The number of carbonyl (C=O) groups is 2. The summed E-state index contributed by atoms with van der Waals surface area (Å²) in [5, 5.41) is 0. The maximum absolute atomic E-state index is 12.7. The molecule has 1 aliphatic heterocycles. The Labute approximate surface area is 159 Å². The Morgan fingerprint density at radius 3 is 2.56 bits per heavy atom. The van der Waals surface area contributed by atoms with Crippen molar-refractivity contribution in [3.05, 3.63) is 54.1 Å². The van der Waals surface area contributed by atoms with Crippen LogP contribution in [0.15, 0.2) is 48.5 Å². The van der Waals surface area contributed by atoms with Crippen LogP contribution in [0, 0.1) is 5.92 Å². The number of para-hydroxylation sites is 1. The first-order chi connectivity index (χ1) is 13.0. The van der Waals surface area contributed by atoms with Crippen LogP contribution >= 0.6 is 0 Å². The van der Waals surface area contributed by atoms with Crippen molar-refractivity contribution >= 4 is 17.6 Å². The topological polar surface area (TPSA) is 55.8 Å². The molecule has 0 aromatic heterocycles. The molecule has 2 aromatic rings. The van der Waals surface area contributed by atoms with Gasteiger partial charge in [-0.3, -0.25) is 9.59 Å². The van der Waals surface area contributed by atoms with Gasteiger partial charge in [0.25, 0.3) is 0 Å². The van der Waals surface area contributed by atoms with Crippen LogP contribution in [-0.4, -0.2) is 25.5 Å². The third kappa shape index (κ3) is 4.13. The van der Waals surface area contributed by atoms with Crippen molar-refractivity contribution in [3.63, 3.8) is 0 Å². The molecule has 1 heterocycles. The molecular formula is C22H25NO4. The van der Waals surface area contributed by atoms with Crippen LogP contribution in [0.2, 0.25) is 0 Å². The second kappa shape index (κ2) is 8.25. The molecule has 0 bridgehead atoms. The van der Waals surface area contributed by atoms with E-state index in [4.69, 9.17) is 9.47 Å². The summed E-state index contributed by atoms with van der Waals surface area (Å²) in [7, 11) is 1.60. The Kier molecular flexibility index (Phi) is 5.79. The molecule has 0 unspecified atom stereocenters. The van der Waals surface area contributed by atoms with E-state index in [0.717, 1.165) is 23.4 Å². The van der Waals surface area contributed by atoms with Crippen LogP contribution in [0.1, 0.15) is 38.2 Å². The molecule has 1 saturated heterocycles. The van der Waals surface area contributed by atoms with E-state index in [2.05, 4.69) is 13.8 Å². The largest absolute Gasteiger partial charge is 0.497 e. The van der Waals surface area contributed by atoms with Gasteiger partial charge in [0.2, 0.25) is 5.91 Å². The molecule has 1 aliphatic rings. The predicted octanol–water partition coefficient (Wildman–Crippen LogP) is 4.17. The Hall–Kier alpha value is -2.82. The number of amides is 1.